The lowest BCUT2D eigenvalue weighted by Crippen LogP contribution is -2.43. The van der Waals surface area contributed by atoms with E-state index in [-0.39, 0.29) is 5.91 Å². The topological polar surface area (TPSA) is 58.9 Å². The molecule has 0 radical (unpaired) electrons. The van der Waals surface area contributed by atoms with Gasteiger partial charge in [0.2, 0.25) is 0 Å². The van der Waals surface area contributed by atoms with E-state index in [2.05, 4.69) is 17.2 Å². The van der Waals surface area contributed by atoms with Crippen LogP contribution in [0.25, 0.3) is 5.65 Å². The van der Waals surface area contributed by atoms with Gasteiger partial charge < -0.3 is 19.4 Å². The van der Waals surface area contributed by atoms with Crippen LogP contribution in [0, 0.1) is 6.92 Å². The molecular weight excluding hydrogens is 352 g/mol. The summed E-state index contributed by atoms with van der Waals surface area (Å²) in [5.74, 6) is 0.757. The van der Waals surface area contributed by atoms with Crippen molar-refractivity contribution in [2.45, 2.75) is 32.4 Å². The fraction of sp³-hybridized carbons (Fsp3) is 0.364. The molecule has 1 saturated heterocycles. The molecule has 0 saturated carbocycles. The summed E-state index contributed by atoms with van der Waals surface area (Å²) in [5, 5.41) is 3.29. The number of aromatic nitrogens is 2. The molecule has 1 aliphatic heterocycles. The van der Waals surface area contributed by atoms with Gasteiger partial charge in [0.15, 0.2) is 0 Å². The lowest BCUT2D eigenvalue weighted by molar-refractivity contribution is 0.0707. The number of aryl methyl sites for hydroxylation is 1. The van der Waals surface area contributed by atoms with Crippen molar-refractivity contribution in [1.29, 1.82) is 0 Å². The van der Waals surface area contributed by atoms with E-state index in [1.54, 1.807) is 0 Å². The molecule has 4 rings (SSSR count). The maximum absolute atomic E-state index is 12.8. The van der Waals surface area contributed by atoms with E-state index in [1.807, 2.05) is 65.1 Å². The molecule has 0 unspecified atom stereocenters. The summed E-state index contributed by atoms with van der Waals surface area (Å²) in [6.45, 7) is 4.00. The number of likely N-dealkylation sites (tertiary alicyclic amines) is 1. The summed E-state index contributed by atoms with van der Waals surface area (Å²) in [6.07, 6.45) is 6.00. The Hall–Kier alpha value is -2.86. The molecule has 1 fully saturated rings. The third kappa shape index (κ3) is 4.02. The number of imidazole rings is 1. The van der Waals surface area contributed by atoms with Crippen LogP contribution in [0.15, 0.2) is 48.8 Å². The Kier molecular flexibility index (Phi) is 5.30. The minimum atomic E-state index is 0.0724. The summed E-state index contributed by atoms with van der Waals surface area (Å²) in [6, 6.07) is 12.0. The van der Waals surface area contributed by atoms with Gasteiger partial charge in [0, 0.05) is 37.1 Å². The zero-order chi connectivity index (χ0) is 19.5. The molecule has 1 aliphatic rings. The predicted octanol–water partition coefficient (Wildman–Crippen LogP) is 3.05. The maximum atomic E-state index is 12.8. The van der Waals surface area contributed by atoms with Crippen molar-refractivity contribution in [3.05, 3.63) is 65.6 Å². The second kappa shape index (κ2) is 8.02. The van der Waals surface area contributed by atoms with Crippen molar-refractivity contribution in [1.82, 2.24) is 19.6 Å². The van der Waals surface area contributed by atoms with Crippen molar-refractivity contribution < 1.29 is 9.53 Å². The van der Waals surface area contributed by atoms with Gasteiger partial charge in [-0.1, -0.05) is 12.1 Å². The number of amides is 1. The predicted molar refractivity (Wildman–Crippen MR) is 109 cm³/mol. The fourth-order valence-corrected chi connectivity index (χ4v) is 3.66. The van der Waals surface area contributed by atoms with Crippen LogP contribution < -0.4 is 10.1 Å². The van der Waals surface area contributed by atoms with Crippen molar-refractivity contribution in [2.75, 3.05) is 20.1 Å². The summed E-state index contributed by atoms with van der Waals surface area (Å²) in [7, 11) is 1.98. The number of hydrogen-bond acceptors (Lipinski definition) is 4. The van der Waals surface area contributed by atoms with Crippen LogP contribution in [-0.4, -0.2) is 46.4 Å². The van der Waals surface area contributed by atoms with E-state index in [9.17, 15) is 4.79 Å². The van der Waals surface area contributed by atoms with E-state index in [1.165, 1.54) is 5.56 Å². The average molecular weight is 378 g/mol. The molecule has 0 spiro atoms. The largest absolute Gasteiger partial charge is 0.487 e. The average Bonchev–Trinajstić information content (AvgIpc) is 3.14. The molecule has 0 aliphatic carbocycles. The lowest BCUT2D eigenvalue weighted by atomic mass is 10.0. The minimum absolute atomic E-state index is 0.0724. The highest BCUT2D eigenvalue weighted by molar-refractivity contribution is 5.94. The Balaban J connectivity index is 1.41. The second-order valence-electron chi connectivity index (χ2n) is 7.38. The quantitative estimate of drug-likeness (QED) is 0.741. The molecule has 146 valence electrons. The smallest absolute Gasteiger partial charge is 0.253 e. The first-order chi connectivity index (χ1) is 13.6. The zero-order valence-corrected chi connectivity index (χ0v) is 16.4. The van der Waals surface area contributed by atoms with Gasteiger partial charge in [0.05, 0.1) is 5.69 Å². The highest BCUT2D eigenvalue weighted by Gasteiger charge is 2.22. The first-order valence-corrected chi connectivity index (χ1v) is 9.76. The molecule has 1 aromatic carbocycles. The normalized spacial score (nSPS) is 15.1. The van der Waals surface area contributed by atoms with Crippen LogP contribution in [0.4, 0.5) is 0 Å². The number of fused-ring (bicyclic) bond motifs is 1. The van der Waals surface area contributed by atoms with Crippen LogP contribution in [-0.2, 0) is 6.61 Å². The van der Waals surface area contributed by atoms with E-state index >= 15 is 0 Å². The number of benzene rings is 1. The van der Waals surface area contributed by atoms with Gasteiger partial charge in [-0.15, -0.1) is 0 Å². The third-order valence-corrected chi connectivity index (χ3v) is 5.31. The number of pyridine rings is 1. The van der Waals surface area contributed by atoms with Crippen molar-refractivity contribution >= 4 is 11.6 Å². The van der Waals surface area contributed by atoms with Gasteiger partial charge >= 0.3 is 0 Å². The number of hydrogen-bond donors (Lipinski definition) is 1. The van der Waals surface area contributed by atoms with Crippen LogP contribution in [0.3, 0.4) is 0 Å². The minimum Gasteiger partial charge on any atom is -0.487 e. The van der Waals surface area contributed by atoms with E-state index in [4.69, 9.17) is 4.74 Å². The number of ether oxygens (including phenoxy) is 1. The lowest BCUT2D eigenvalue weighted by Gasteiger charge is -2.31. The van der Waals surface area contributed by atoms with E-state index in [0.717, 1.165) is 37.3 Å². The van der Waals surface area contributed by atoms with Crippen LogP contribution in [0.2, 0.25) is 0 Å². The zero-order valence-electron chi connectivity index (χ0n) is 16.4. The van der Waals surface area contributed by atoms with Crippen molar-refractivity contribution in [3.63, 3.8) is 0 Å². The molecule has 0 bridgehead atoms. The van der Waals surface area contributed by atoms with Gasteiger partial charge in [-0.3, -0.25) is 4.79 Å². The molecule has 2 aromatic heterocycles. The Labute approximate surface area is 165 Å². The first-order valence-electron chi connectivity index (χ1n) is 9.76. The summed E-state index contributed by atoms with van der Waals surface area (Å²) < 4.78 is 7.91. The molecule has 1 amide bonds. The molecule has 1 N–H and O–H groups in total. The van der Waals surface area contributed by atoms with Crippen LogP contribution >= 0.6 is 0 Å². The Morgan fingerprint density at radius 2 is 2.04 bits per heavy atom. The standard InChI is InChI=1S/C22H26N4O2/c1-16-6-7-21-24-19(14-26(21)13-16)15-28-20-5-3-4-17(12-20)22(27)25-10-8-18(23-2)9-11-25/h3-7,12-14,18,23H,8-11,15H2,1-2H3. The van der Waals surface area contributed by atoms with Gasteiger partial charge in [0.25, 0.3) is 5.91 Å². The first kappa shape index (κ1) is 18.5. The molecule has 0 atom stereocenters. The Morgan fingerprint density at radius 3 is 2.82 bits per heavy atom. The highest BCUT2D eigenvalue weighted by atomic mass is 16.5. The van der Waals surface area contributed by atoms with E-state index < -0.39 is 0 Å². The summed E-state index contributed by atoms with van der Waals surface area (Å²) in [4.78, 5) is 19.3. The number of nitrogens with one attached hydrogen (secondary N) is 1. The van der Waals surface area contributed by atoms with Crippen molar-refractivity contribution in [2.24, 2.45) is 0 Å². The molecule has 28 heavy (non-hydrogen) atoms. The summed E-state index contributed by atoms with van der Waals surface area (Å²) in [5.41, 5.74) is 3.61. The fourth-order valence-electron chi connectivity index (χ4n) is 3.66. The van der Waals surface area contributed by atoms with Crippen LogP contribution in [0.1, 0.15) is 34.5 Å². The maximum Gasteiger partial charge on any atom is 0.253 e. The van der Waals surface area contributed by atoms with Crippen LogP contribution in [0.5, 0.6) is 5.75 Å². The third-order valence-electron chi connectivity index (χ3n) is 5.31. The van der Waals surface area contributed by atoms with Gasteiger partial charge in [-0.25, -0.2) is 4.98 Å². The Morgan fingerprint density at radius 1 is 1.21 bits per heavy atom. The molecule has 3 heterocycles. The van der Waals surface area contributed by atoms with Gasteiger partial charge in [-0.2, -0.15) is 0 Å². The number of rotatable bonds is 5. The number of nitrogens with zero attached hydrogens (tertiary/aromatic N) is 3. The number of carbonyl (C=O) groups is 1. The monoisotopic (exact) mass is 378 g/mol. The van der Waals surface area contributed by atoms with Gasteiger partial charge in [0.1, 0.15) is 18.0 Å². The van der Waals surface area contributed by atoms with Crippen molar-refractivity contribution in [3.8, 4) is 5.75 Å². The number of carbonyl (C=O) groups excluding carboxylic acids is 1. The molecule has 6 heteroatoms. The van der Waals surface area contributed by atoms with E-state index in [0.29, 0.717) is 24.0 Å². The SMILES string of the molecule is CNC1CCN(C(=O)c2cccc(OCc3cn4cc(C)ccc4n3)c2)CC1. The second-order valence-corrected chi connectivity index (χ2v) is 7.38. The molecule has 6 nitrogen and oxygen atoms in total. The Bertz CT molecular complexity index is 974. The molecule has 3 aromatic rings. The summed E-state index contributed by atoms with van der Waals surface area (Å²) >= 11 is 0. The van der Waals surface area contributed by atoms with Gasteiger partial charge in [-0.05, 0) is 56.6 Å². The number of piperidine rings is 1. The molecular formula is C22H26N4O2. The highest BCUT2D eigenvalue weighted by Crippen LogP contribution is 2.19.